The van der Waals surface area contributed by atoms with E-state index in [0.717, 1.165) is 0 Å². The summed E-state index contributed by atoms with van der Waals surface area (Å²) in [5, 5.41) is 16.4. The van der Waals surface area contributed by atoms with Gasteiger partial charge in [0.15, 0.2) is 12.1 Å². The predicted molar refractivity (Wildman–Crippen MR) is 46.6 cm³/mol. The van der Waals surface area contributed by atoms with Gasteiger partial charge in [-0.1, -0.05) is 11.6 Å². The molecule has 0 amide bonds. The van der Waals surface area contributed by atoms with E-state index in [4.69, 9.17) is 21.6 Å². The van der Waals surface area contributed by atoms with Crippen LogP contribution in [-0.2, 0) is 0 Å². The third-order valence-electron chi connectivity index (χ3n) is 1.61. The molecule has 0 unspecified atom stereocenters. The van der Waals surface area contributed by atoms with E-state index in [9.17, 15) is 13.6 Å². The minimum atomic E-state index is -2.15. The molecule has 0 saturated heterocycles. The van der Waals surface area contributed by atoms with Crippen LogP contribution in [0.15, 0.2) is 6.07 Å². The molecule has 0 fully saturated rings. The summed E-state index contributed by atoms with van der Waals surface area (Å²) in [6, 6.07) is 0.689. The summed E-state index contributed by atoms with van der Waals surface area (Å²) in [6.45, 7) is 0. The van der Waals surface area contributed by atoms with Crippen LogP contribution in [0, 0.1) is 11.6 Å². The summed E-state index contributed by atoms with van der Waals surface area (Å²) in [6.07, 6.45) is 0.104. The first-order valence-corrected chi connectivity index (χ1v) is 3.85. The van der Waals surface area contributed by atoms with Crippen LogP contribution in [0.4, 0.5) is 8.78 Å². The monoisotopic (exact) mass is 220 g/mol. The average molecular weight is 220 g/mol. The molecule has 0 atom stereocenters. The topological polar surface area (TPSA) is 57.5 Å². The van der Waals surface area contributed by atoms with Gasteiger partial charge in [-0.15, -0.1) is 0 Å². The number of hydrogen-bond acceptors (Lipinski definition) is 3. The Hall–Kier alpha value is -0.975. The summed E-state index contributed by atoms with van der Waals surface area (Å²) < 4.78 is 26.0. The van der Waals surface area contributed by atoms with E-state index in [-0.39, 0.29) is 6.29 Å². The van der Waals surface area contributed by atoms with E-state index < -0.39 is 34.8 Å². The molecule has 14 heavy (non-hydrogen) atoms. The van der Waals surface area contributed by atoms with Gasteiger partial charge in [0, 0.05) is 5.46 Å². The second kappa shape index (κ2) is 4.04. The maximum Gasteiger partial charge on any atom is 0.491 e. The van der Waals surface area contributed by atoms with Crippen LogP contribution < -0.4 is 5.46 Å². The van der Waals surface area contributed by atoms with E-state index in [1.165, 1.54) is 0 Å². The zero-order valence-electron chi connectivity index (χ0n) is 6.67. The van der Waals surface area contributed by atoms with Crippen LogP contribution in [0.1, 0.15) is 10.4 Å². The molecule has 0 aromatic heterocycles. The number of halogens is 3. The van der Waals surface area contributed by atoms with Gasteiger partial charge in [0.2, 0.25) is 0 Å². The molecule has 74 valence electrons. The minimum absolute atomic E-state index is 0.104. The average Bonchev–Trinajstić information content (AvgIpc) is 2.14. The molecule has 0 saturated carbocycles. The molecule has 0 aliphatic carbocycles. The molecule has 2 N–H and O–H groups in total. The summed E-state index contributed by atoms with van der Waals surface area (Å²) in [5.74, 6) is -2.51. The highest BCUT2D eigenvalue weighted by molar-refractivity contribution is 6.59. The van der Waals surface area contributed by atoms with Crippen molar-refractivity contribution >= 4 is 30.5 Å². The summed E-state index contributed by atoms with van der Waals surface area (Å²) in [4.78, 5) is 10.3. The molecular weight excluding hydrogens is 216 g/mol. The number of carbonyl (C=O) groups is 1. The number of hydrogen-bond donors (Lipinski definition) is 2. The number of carbonyl (C=O) groups excluding carboxylic acids is 1. The van der Waals surface area contributed by atoms with Crippen LogP contribution in [0.3, 0.4) is 0 Å². The lowest BCUT2D eigenvalue weighted by atomic mass is 9.79. The van der Waals surface area contributed by atoms with Crippen LogP contribution in [-0.4, -0.2) is 23.5 Å². The van der Waals surface area contributed by atoms with Crippen molar-refractivity contribution in [3.63, 3.8) is 0 Å². The van der Waals surface area contributed by atoms with Crippen molar-refractivity contribution in [3.05, 3.63) is 28.3 Å². The second-order valence-corrected chi connectivity index (χ2v) is 2.87. The fourth-order valence-corrected chi connectivity index (χ4v) is 1.14. The smallest absolute Gasteiger partial charge is 0.423 e. The maximum absolute atomic E-state index is 13.0. The Morgan fingerprint density at radius 2 is 1.93 bits per heavy atom. The predicted octanol–water partition coefficient (Wildman–Crippen LogP) is 0.111. The first kappa shape index (κ1) is 11.1. The molecule has 0 aliphatic rings. The lowest BCUT2D eigenvalue weighted by Gasteiger charge is -2.05. The van der Waals surface area contributed by atoms with Crippen LogP contribution >= 0.6 is 11.6 Å². The summed E-state index contributed by atoms with van der Waals surface area (Å²) in [7, 11) is -2.15. The van der Waals surface area contributed by atoms with Crippen LogP contribution in [0.5, 0.6) is 0 Å². The normalized spacial score (nSPS) is 10.1. The molecule has 0 aliphatic heterocycles. The molecule has 0 heterocycles. The van der Waals surface area contributed by atoms with Crippen LogP contribution in [0.25, 0.3) is 0 Å². The molecule has 0 spiro atoms. The molecule has 7 heteroatoms. The quantitative estimate of drug-likeness (QED) is 0.422. The van der Waals surface area contributed by atoms with Gasteiger partial charge in [0.1, 0.15) is 10.8 Å². The van der Waals surface area contributed by atoms with Gasteiger partial charge in [0.05, 0.1) is 5.56 Å². The van der Waals surface area contributed by atoms with Gasteiger partial charge in [-0.05, 0) is 6.07 Å². The van der Waals surface area contributed by atoms with E-state index in [2.05, 4.69) is 0 Å². The van der Waals surface area contributed by atoms with Crippen molar-refractivity contribution in [1.82, 2.24) is 0 Å². The Kier molecular flexibility index (Phi) is 3.20. The van der Waals surface area contributed by atoms with E-state index in [0.29, 0.717) is 6.07 Å². The first-order chi connectivity index (χ1) is 6.49. The largest absolute Gasteiger partial charge is 0.491 e. The van der Waals surface area contributed by atoms with Gasteiger partial charge in [-0.2, -0.15) is 0 Å². The van der Waals surface area contributed by atoms with Crippen LogP contribution in [0.2, 0.25) is 5.02 Å². The summed E-state index contributed by atoms with van der Waals surface area (Å²) in [5.41, 5.74) is -1.17. The van der Waals surface area contributed by atoms with E-state index in [1.54, 1.807) is 0 Å². The minimum Gasteiger partial charge on any atom is -0.423 e. The van der Waals surface area contributed by atoms with Crippen molar-refractivity contribution < 1.29 is 23.6 Å². The Balaban J connectivity index is 3.48. The van der Waals surface area contributed by atoms with E-state index in [1.807, 2.05) is 0 Å². The Morgan fingerprint density at radius 1 is 1.36 bits per heavy atom. The molecule has 0 radical (unpaired) electrons. The van der Waals surface area contributed by atoms with E-state index >= 15 is 0 Å². The molecule has 1 rings (SSSR count). The maximum atomic E-state index is 13.0. The Labute approximate surface area is 83.1 Å². The number of rotatable bonds is 2. The third kappa shape index (κ3) is 1.77. The molecular formula is C7H4BClF2O3. The number of benzene rings is 1. The third-order valence-corrected chi connectivity index (χ3v) is 1.94. The number of aldehydes is 1. The van der Waals surface area contributed by atoms with Crippen molar-refractivity contribution in [2.75, 3.05) is 0 Å². The van der Waals surface area contributed by atoms with Gasteiger partial charge >= 0.3 is 7.12 Å². The fraction of sp³-hybridized carbons (Fsp3) is 0. The van der Waals surface area contributed by atoms with Gasteiger partial charge in [0.25, 0.3) is 0 Å². The molecule has 1 aromatic rings. The highest BCUT2D eigenvalue weighted by Gasteiger charge is 2.23. The van der Waals surface area contributed by atoms with Crippen molar-refractivity contribution in [1.29, 1.82) is 0 Å². The highest BCUT2D eigenvalue weighted by atomic mass is 35.5. The van der Waals surface area contributed by atoms with Crippen molar-refractivity contribution in [3.8, 4) is 0 Å². The Bertz CT molecular complexity index is 384. The molecule has 1 aromatic carbocycles. The fourth-order valence-electron chi connectivity index (χ4n) is 0.918. The molecule has 3 nitrogen and oxygen atoms in total. The lowest BCUT2D eigenvalue weighted by molar-refractivity contribution is 0.112. The van der Waals surface area contributed by atoms with Gasteiger partial charge in [-0.3, -0.25) is 4.79 Å². The first-order valence-electron chi connectivity index (χ1n) is 3.47. The van der Waals surface area contributed by atoms with Crippen molar-refractivity contribution in [2.45, 2.75) is 0 Å². The van der Waals surface area contributed by atoms with Crippen molar-refractivity contribution in [2.24, 2.45) is 0 Å². The zero-order chi connectivity index (χ0) is 10.9. The SMILES string of the molecule is O=Cc1cc(B(O)O)c(F)c(Cl)c1F. The molecule has 0 bridgehead atoms. The highest BCUT2D eigenvalue weighted by Crippen LogP contribution is 2.19. The van der Waals surface area contributed by atoms with Gasteiger partial charge in [-0.25, -0.2) is 8.78 Å². The summed E-state index contributed by atoms with van der Waals surface area (Å²) >= 11 is 5.18. The zero-order valence-corrected chi connectivity index (χ0v) is 7.42. The second-order valence-electron chi connectivity index (χ2n) is 2.49. The lowest BCUT2D eigenvalue weighted by Crippen LogP contribution is -2.33. The van der Waals surface area contributed by atoms with Gasteiger partial charge < -0.3 is 10.0 Å². The Morgan fingerprint density at radius 3 is 2.36 bits per heavy atom. The standard InChI is InChI=1S/C7H4BClF2O3/c9-5-6(10)3(2-12)1-4(7(5)11)8(13)14/h1-2,13-14H.